The monoisotopic (exact) mass is 1320 g/mol. The smallest absolute Gasteiger partial charge is 0.0297 e. The minimum atomic E-state index is 0.437. The van der Waals surface area contributed by atoms with Gasteiger partial charge in [0.25, 0.3) is 0 Å². The van der Waals surface area contributed by atoms with E-state index < -0.39 is 0 Å². The fourth-order valence-corrected chi connectivity index (χ4v) is 9.06. The van der Waals surface area contributed by atoms with Crippen LogP contribution < -0.4 is 0 Å². The number of rotatable bonds is 9. The summed E-state index contributed by atoms with van der Waals surface area (Å²) in [5.74, 6) is 13.7. The minimum absolute atomic E-state index is 0.437. The lowest BCUT2D eigenvalue weighted by molar-refractivity contribution is 0.111. The first-order chi connectivity index (χ1) is 40.6. The first-order valence-electron chi connectivity index (χ1n) is 40.6. The molecule has 4 unspecified atom stereocenters. The molecule has 6 atom stereocenters. The van der Waals surface area contributed by atoms with Gasteiger partial charge in [-0.1, -0.05) is 386 Å². The van der Waals surface area contributed by atoms with Crippen LogP contribution in [-0.2, 0) is 0 Å². The summed E-state index contributed by atoms with van der Waals surface area (Å²) in [5, 5.41) is 0. The molecule has 0 spiro atoms. The maximum atomic E-state index is 2.44. The molecule has 6 aliphatic rings. The van der Waals surface area contributed by atoms with Gasteiger partial charge < -0.3 is 0 Å². The Bertz CT molecular complexity index is 1630. The van der Waals surface area contributed by atoms with E-state index >= 15 is 0 Å². The minimum Gasteiger partial charge on any atom is -0.0651 e. The molecular formula is C93H198. The number of hydrogen-bond acceptors (Lipinski definition) is 0. The molecule has 6 aliphatic carbocycles. The molecular weight excluding hydrogens is 1120 g/mol. The van der Waals surface area contributed by atoms with Gasteiger partial charge in [0.1, 0.15) is 0 Å². The van der Waals surface area contributed by atoms with Crippen LogP contribution in [0.5, 0.6) is 0 Å². The average molecular weight is 1320 g/mol. The Balaban J connectivity index is -0.000000222. The zero-order valence-corrected chi connectivity index (χ0v) is 76.5. The van der Waals surface area contributed by atoms with Crippen molar-refractivity contribution in [3.63, 3.8) is 0 Å². The highest BCUT2D eigenvalue weighted by Gasteiger charge is 2.49. The Labute approximate surface area is 599 Å². The van der Waals surface area contributed by atoms with Crippen LogP contribution >= 0.6 is 0 Å². The van der Waals surface area contributed by atoms with Gasteiger partial charge in [0.15, 0.2) is 0 Å². The molecule has 0 N–H and O–H groups in total. The van der Waals surface area contributed by atoms with Gasteiger partial charge in [-0.2, -0.15) is 0 Å². The fraction of sp³-hybridized carbons (Fsp3) is 1.00. The Morgan fingerprint density at radius 3 is 0.667 bits per heavy atom. The average Bonchev–Trinajstić information content (AvgIpc) is 1.63. The van der Waals surface area contributed by atoms with Crippen LogP contribution in [0.15, 0.2) is 0 Å². The second-order valence-electron chi connectivity index (χ2n) is 45.6. The van der Waals surface area contributed by atoms with Gasteiger partial charge in [0.2, 0.25) is 0 Å². The van der Waals surface area contributed by atoms with Crippen molar-refractivity contribution in [1.29, 1.82) is 0 Å². The summed E-state index contributed by atoms with van der Waals surface area (Å²) in [6, 6.07) is 0. The van der Waals surface area contributed by atoms with Gasteiger partial charge in [-0.15, -0.1) is 0 Å². The SMILES string of the molecule is CC(C)(C)C(C)(C)C.CC(C)(C)C(C)(C)C.CC(C)(C)C(C)(C)C.CC(C)C(C)C(C)C.CC1(C2CC2)CC1.CC1CC(C)(C)C1.CC1CC(C)C1C.CCC(C)(C)C(C)(C)C.CCC(C)(C)C(C)C.CCC(C)C(C)(C)C.CC[C@@H](C)C(C)(C)C.C[C@H]1CC1C1CC1. The molecule has 0 heteroatoms. The third-order valence-electron chi connectivity index (χ3n) is 27.8. The van der Waals surface area contributed by atoms with Gasteiger partial charge in [-0.25, -0.2) is 0 Å². The third-order valence-corrected chi connectivity index (χ3v) is 27.8. The molecule has 0 aliphatic heterocycles. The normalized spacial score (nSPS) is 22.4. The van der Waals surface area contributed by atoms with Crippen LogP contribution in [0.4, 0.5) is 0 Å². The summed E-state index contributed by atoms with van der Waals surface area (Å²) in [7, 11) is 0. The number of hydrogen-bond donors (Lipinski definition) is 0. The van der Waals surface area contributed by atoms with E-state index in [2.05, 4.69) is 360 Å². The van der Waals surface area contributed by atoms with E-state index in [4.69, 9.17) is 0 Å². The molecule has 0 aromatic rings. The molecule has 0 nitrogen and oxygen atoms in total. The van der Waals surface area contributed by atoms with Gasteiger partial charge >= 0.3 is 0 Å². The summed E-state index contributed by atoms with van der Waals surface area (Å²) < 4.78 is 0. The van der Waals surface area contributed by atoms with E-state index in [9.17, 15) is 0 Å². The van der Waals surface area contributed by atoms with Crippen molar-refractivity contribution in [2.24, 2.45) is 153 Å². The van der Waals surface area contributed by atoms with E-state index in [1.165, 1.54) is 82.5 Å². The lowest BCUT2D eigenvalue weighted by Gasteiger charge is -2.40. The molecule has 93 heavy (non-hydrogen) atoms. The zero-order valence-electron chi connectivity index (χ0n) is 76.5. The van der Waals surface area contributed by atoms with Crippen molar-refractivity contribution in [1.82, 2.24) is 0 Å². The highest BCUT2D eigenvalue weighted by atomic mass is 14.5. The molecule has 0 bridgehead atoms. The highest BCUT2D eigenvalue weighted by Crippen LogP contribution is 2.61. The Hall–Kier alpha value is 0. The van der Waals surface area contributed by atoms with Crippen molar-refractivity contribution in [3.8, 4) is 0 Å². The molecule has 570 valence electrons. The largest absolute Gasteiger partial charge is 0.0651 e. The van der Waals surface area contributed by atoms with Crippen molar-refractivity contribution < 1.29 is 0 Å². The van der Waals surface area contributed by atoms with Crippen LogP contribution in [0.1, 0.15) is 450 Å². The van der Waals surface area contributed by atoms with E-state index in [-0.39, 0.29) is 0 Å². The van der Waals surface area contributed by atoms with Crippen molar-refractivity contribution in [2.45, 2.75) is 450 Å². The van der Waals surface area contributed by atoms with Gasteiger partial charge in [0.05, 0.1) is 0 Å². The van der Waals surface area contributed by atoms with Crippen LogP contribution in [-0.4, -0.2) is 0 Å². The quantitative estimate of drug-likeness (QED) is 0.216. The first kappa shape index (κ1) is 104. The van der Waals surface area contributed by atoms with E-state index in [0.29, 0.717) is 65.0 Å². The van der Waals surface area contributed by atoms with E-state index in [0.717, 1.165) is 76.4 Å². The summed E-state index contributed by atoms with van der Waals surface area (Å²) in [6.45, 7) is 119. The van der Waals surface area contributed by atoms with Crippen LogP contribution in [0.3, 0.4) is 0 Å². The zero-order chi connectivity index (χ0) is 76.5. The topological polar surface area (TPSA) is 0 Å². The molecule has 0 aromatic heterocycles. The first-order valence-corrected chi connectivity index (χ1v) is 40.6. The van der Waals surface area contributed by atoms with Crippen molar-refractivity contribution >= 4 is 0 Å². The lowest BCUT2D eigenvalue weighted by atomic mass is 9.65. The van der Waals surface area contributed by atoms with Crippen molar-refractivity contribution in [3.05, 3.63) is 0 Å². The van der Waals surface area contributed by atoms with Gasteiger partial charge in [-0.3, -0.25) is 0 Å². The van der Waals surface area contributed by atoms with Crippen LogP contribution in [0.25, 0.3) is 0 Å². The molecule has 0 amide bonds. The molecule has 0 saturated heterocycles. The van der Waals surface area contributed by atoms with Gasteiger partial charge in [-0.05, 0) is 217 Å². The third kappa shape index (κ3) is 50.9. The Morgan fingerprint density at radius 2 is 0.645 bits per heavy atom. The maximum absolute atomic E-state index is 2.44. The summed E-state index contributed by atoms with van der Waals surface area (Å²) in [4.78, 5) is 0. The van der Waals surface area contributed by atoms with Crippen LogP contribution in [0.2, 0.25) is 0 Å². The fourth-order valence-electron chi connectivity index (χ4n) is 9.06. The molecule has 0 radical (unpaired) electrons. The predicted molar refractivity (Wildman–Crippen MR) is 440 cm³/mol. The Morgan fingerprint density at radius 1 is 0.366 bits per heavy atom. The van der Waals surface area contributed by atoms with Crippen molar-refractivity contribution in [2.75, 3.05) is 0 Å². The highest BCUT2D eigenvalue weighted by molar-refractivity contribution is 5.00. The van der Waals surface area contributed by atoms with Gasteiger partial charge in [0, 0.05) is 0 Å². The molecule has 6 fully saturated rings. The Kier molecular flexibility index (Phi) is 47.4. The van der Waals surface area contributed by atoms with E-state index in [1.54, 1.807) is 19.3 Å². The summed E-state index contributed by atoms with van der Waals surface area (Å²) in [5.41, 5.74) is 6.66. The molecule has 0 aromatic carbocycles. The summed E-state index contributed by atoms with van der Waals surface area (Å²) >= 11 is 0. The molecule has 0 heterocycles. The second kappa shape index (κ2) is 42.4. The second-order valence-corrected chi connectivity index (χ2v) is 45.6. The predicted octanol–water partition coefficient (Wildman–Crippen LogP) is 33.9. The lowest BCUT2D eigenvalue weighted by Crippen LogP contribution is -2.29. The van der Waals surface area contributed by atoms with Crippen LogP contribution in [0, 0.1) is 153 Å². The standard InChI is InChI=1S/C9H20.7C8H18.2C7H12.2C7H14/c1-7-9(5,6)8(2,3)4;3*1-7(2,3)8(4,5)6;2*1-6-7(2)8(3,4)5;1-6-8(4,5)7(2)3;1-6(2)8(5)7(3)4;1-7(4-5-7)6-2-3-6;1-5-4-7(5)6-2-3-6;1-6-4-7(2,3)5-6;1-5-4-6(2)7(5)3/h7H2,1-6H3;3*1-6H3;3*7H,6H2,1-5H3;6-8H,1-5H3;6H,2-5H2,1H3;5-7H,2-4H2,1H3;6H,4-5H2,1-3H3;5-7H,4H2,1-3H3/t;;;;7-;;;;;5-,7?;;/m....1....0../s1. The summed E-state index contributed by atoms with van der Waals surface area (Å²) in [6.07, 6.45) is 20.2. The van der Waals surface area contributed by atoms with E-state index in [1.807, 2.05) is 0 Å². The molecule has 6 saturated carbocycles. The maximum Gasteiger partial charge on any atom is -0.0297 e. The molecule has 6 rings (SSSR count).